The number of anilines is 1. The van der Waals surface area contributed by atoms with Crippen LogP contribution in [-0.2, 0) is 6.54 Å². The molecule has 0 fully saturated rings. The highest BCUT2D eigenvalue weighted by molar-refractivity contribution is 6.35. The molecule has 4 nitrogen and oxygen atoms in total. The van der Waals surface area contributed by atoms with Crippen LogP contribution in [0.3, 0.4) is 0 Å². The molecular formula is C15H14Cl2N2O2. The predicted octanol–water partition coefficient (Wildman–Crippen LogP) is 5.13. The second-order valence-electron chi connectivity index (χ2n) is 4.80. The number of hydrogen-bond donors (Lipinski definition) is 1. The van der Waals surface area contributed by atoms with Gasteiger partial charge in [0, 0.05) is 33.9 Å². The molecule has 0 unspecified atom stereocenters. The Kier molecular flexibility index (Phi) is 4.70. The summed E-state index contributed by atoms with van der Waals surface area (Å²) in [7, 11) is 0. The Morgan fingerprint density at radius 1 is 1.14 bits per heavy atom. The summed E-state index contributed by atoms with van der Waals surface area (Å²) in [5.74, 6) is 0. The van der Waals surface area contributed by atoms with Crippen LogP contribution in [0, 0.1) is 24.0 Å². The van der Waals surface area contributed by atoms with E-state index in [0.717, 1.165) is 16.8 Å². The molecule has 0 radical (unpaired) electrons. The molecule has 0 saturated heterocycles. The van der Waals surface area contributed by atoms with Gasteiger partial charge in [-0.25, -0.2) is 0 Å². The first-order valence-corrected chi connectivity index (χ1v) is 7.07. The van der Waals surface area contributed by atoms with Crippen LogP contribution in [0.25, 0.3) is 0 Å². The monoisotopic (exact) mass is 324 g/mol. The van der Waals surface area contributed by atoms with Gasteiger partial charge in [-0.05, 0) is 43.2 Å². The molecular weight excluding hydrogens is 311 g/mol. The maximum Gasteiger partial charge on any atom is 0.272 e. The van der Waals surface area contributed by atoms with Crippen molar-refractivity contribution in [2.24, 2.45) is 0 Å². The van der Waals surface area contributed by atoms with Crippen molar-refractivity contribution >= 4 is 34.6 Å². The van der Waals surface area contributed by atoms with Gasteiger partial charge in [-0.15, -0.1) is 0 Å². The van der Waals surface area contributed by atoms with Crippen molar-refractivity contribution in [3.05, 3.63) is 67.2 Å². The molecule has 0 aromatic heterocycles. The van der Waals surface area contributed by atoms with Crippen LogP contribution in [0.15, 0.2) is 30.3 Å². The second-order valence-corrected chi connectivity index (χ2v) is 5.64. The highest BCUT2D eigenvalue weighted by Gasteiger charge is 2.13. The second kappa shape index (κ2) is 6.33. The van der Waals surface area contributed by atoms with Gasteiger partial charge in [0.15, 0.2) is 0 Å². The molecule has 21 heavy (non-hydrogen) atoms. The number of nitro benzene ring substituents is 1. The van der Waals surface area contributed by atoms with Gasteiger partial charge in [0.1, 0.15) is 0 Å². The first-order chi connectivity index (χ1) is 9.88. The van der Waals surface area contributed by atoms with Crippen LogP contribution in [0.4, 0.5) is 11.4 Å². The van der Waals surface area contributed by atoms with Gasteiger partial charge in [0.2, 0.25) is 0 Å². The number of benzene rings is 2. The van der Waals surface area contributed by atoms with Crippen molar-refractivity contribution in [3.63, 3.8) is 0 Å². The van der Waals surface area contributed by atoms with E-state index in [4.69, 9.17) is 23.2 Å². The number of halogens is 2. The smallest absolute Gasteiger partial charge is 0.272 e. The molecule has 0 bridgehead atoms. The Labute approximate surface area is 132 Å². The maximum absolute atomic E-state index is 10.9. The first-order valence-electron chi connectivity index (χ1n) is 6.32. The fourth-order valence-corrected chi connectivity index (χ4v) is 2.52. The van der Waals surface area contributed by atoms with Crippen molar-refractivity contribution in [1.82, 2.24) is 0 Å². The molecule has 2 aromatic carbocycles. The van der Waals surface area contributed by atoms with Crippen molar-refractivity contribution in [2.45, 2.75) is 20.4 Å². The number of aryl methyl sites for hydroxylation is 2. The molecule has 2 aromatic rings. The summed E-state index contributed by atoms with van der Waals surface area (Å²) >= 11 is 12.0. The third-order valence-corrected chi connectivity index (χ3v) is 3.81. The molecule has 6 heteroatoms. The summed E-state index contributed by atoms with van der Waals surface area (Å²) in [6, 6.07) is 8.66. The Morgan fingerprint density at radius 2 is 1.86 bits per heavy atom. The van der Waals surface area contributed by atoms with Gasteiger partial charge >= 0.3 is 0 Å². The molecule has 1 N–H and O–H groups in total. The van der Waals surface area contributed by atoms with Gasteiger partial charge in [-0.1, -0.05) is 29.3 Å². The summed E-state index contributed by atoms with van der Waals surface area (Å²) in [5.41, 5.74) is 3.33. The number of rotatable bonds is 4. The molecule has 2 rings (SSSR count). The molecule has 0 saturated carbocycles. The third kappa shape index (κ3) is 3.65. The first kappa shape index (κ1) is 15.6. The predicted molar refractivity (Wildman–Crippen MR) is 86.4 cm³/mol. The minimum absolute atomic E-state index is 0.127. The van der Waals surface area contributed by atoms with E-state index in [2.05, 4.69) is 5.32 Å². The zero-order valence-electron chi connectivity index (χ0n) is 11.6. The fourth-order valence-electron chi connectivity index (χ4n) is 2.04. The number of nitrogens with one attached hydrogen (secondary N) is 1. The molecule has 0 aliphatic heterocycles. The zero-order valence-corrected chi connectivity index (χ0v) is 13.1. The molecule has 0 heterocycles. The van der Waals surface area contributed by atoms with E-state index < -0.39 is 0 Å². The molecule has 0 spiro atoms. The van der Waals surface area contributed by atoms with Crippen LogP contribution in [0.1, 0.15) is 16.7 Å². The lowest BCUT2D eigenvalue weighted by Crippen LogP contribution is -2.03. The third-order valence-electron chi connectivity index (χ3n) is 3.22. The SMILES string of the molecule is Cc1cc([N+](=O)[O-])c(C)cc1NCc1ccc(Cl)cc1Cl. The van der Waals surface area contributed by atoms with Gasteiger partial charge < -0.3 is 5.32 Å². The lowest BCUT2D eigenvalue weighted by Gasteiger charge is -2.12. The molecule has 0 amide bonds. The van der Waals surface area contributed by atoms with Gasteiger partial charge in [0.05, 0.1) is 4.92 Å². The Balaban J connectivity index is 2.20. The maximum atomic E-state index is 10.9. The van der Waals surface area contributed by atoms with Crippen LogP contribution >= 0.6 is 23.2 Å². The molecule has 0 aliphatic carbocycles. The van der Waals surface area contributed by atoms with E-state index in [1.807, 2.05) is 13.0 Å². The van der Waals surface area contributed by atoms with E-state index in [-0.39, 0.29) is 10.6 Å². The van der Waals surface area contributed by atoms with E-state index in [0.29, 0.717) is 22.2 Å². The average molecular weight is 325 g/mol. The Bertz CT molecular complexity index is 702. The summed E-state index contributed by atoms with van der Waals surface area (Å²) in [6.45, 7) is 4.07. The van der Waals surface area contributed by atoms with Crippen molar-refractivity contribution in [1.29, 1.82) is 0 Å². The van der Waals surface area contributed by atoms with E-state index in [9.17, 15) is 10.1 Å². The summed E-state index contributed by atoms with van der Waals surface area (Å²) < 4.78 is 0. The lowest BCUT2D eigenvalue weighted by molar-refractivity contribution is -0.385. The molecule has 0 atom stereocenters. The summed E-state index contributed by atoms with van der Waals surface area (Å²) in [4.78, 5) is 10.5. The Morgan fingerprint density at radius 3 is 2.48 bits per heavy atom. The highest BCUT2D eigenvalue weighted by Crippen LogP contribution is 2.27. The van der Waals surface area contributed by atoms with E-state index >= 15 is 0 Å². The Hall–Kier alpha value is -1.78. The molecule has 0 aliphatic rings. The lowest BCUT2D eigenvalue weighted by atomic mass is 10.1. The van der Waals surface area contributed by atoms with Crippen LogP contribution in [0.5, 0.6) is 0 Å². The summed E-state index contributed by atoms with van der Waals surface area (Å²) in [6.07, 6.45) is 0. The number of nitrogens with zero attached hydrogens (tertiary/aromatic N) is 1. The minimum atomic E-state index is -0.373. The standard InChI is InChI=1S/C15H14Cl2N2O2/c1-9-6-15(19(20)21)10(2)5-14(9)18-8-11-3-4-12(16)7-13(11)17/h3-7,18H,8H2,1-2H3. The molecule has 110 valence electrons. The quantitative estimate of drug-likeness (QED) is 0.626. The number of hydrogen-bond acceptors (Lipinski definition) is 3. The summed E-state index contributed by atoms with van der Waals surface area (Å²) in [5, 5.41) is 15.3. The normalized spacial score (nSPS) is 10.5. The van der Waals surface area contributed by atoms with Gasteiger partial charge in [0.25, 0.3) is 5.69 Å². The zero-order chi connectivity index (χ0) is 15.6. The van der Waals surface area contributed by atoms with Crippen molar-refractivity contribution < 1.29 is 4.92 Å². The van der Waals surface area contributed by atoms with Crippen LogP contribution in [0.2, 0.25) is 10.0 Å². The topological polar surface area (TPSA) is 55.2 Å². The average Bonchev–Trinajstić information content (AvgIpc) is 2.40. The fraction of sp³-hybridized carbons (Fsp3) is 0.200. The van der Waals surface area contributed by atoms with Gasteiger partial charge in [-0.2, -0.15) is 0 Å². The van der Waals surface area contributed by atoms with Crippen LogP contribution < -0.4 is 5.32 Å². The van der Waals surface area contributed by atoms with Crippen molar-refractivity contribution in [3.8, 4) is 0 Å². The largest absolute Gasteiger partial charge is 0.381 e. The van der Waals surface area contributed by atoms with E-state index in [1.165, 1.54) is 0 Å². The number of nitro groups is 1. The van der Waals surface area contributed by atoms with Crippen molar-refractivity contribution in [2.75, 3.05) is 5.32 Å². The minimum Gasteiger partial charge on any atom is -0.381 e. The van der Waals surface area contributed by atoms with Gasteiger partial charge in [-0.3, -0.25) is 10.1 Å². The van der Waals surface area contributed by atoms with Crippen LogP contribution in [-0.4, -0.2) is 4.92 Å². The highest BCUT2D eigenvalue weighted by atomic mass is 35.5. The van der Waals surface area contributed by atoms with E-state index in [1.54, 1.807) is 31.2 Å².